The SMILES string of the molecule is O=C(O)[C@H]1CCc2oncc21. The Bertz CT molecular complexity index is 292. The molecule has 1 aromatic rings. The van der Waals surface area contributed by atoms with Crippen molar-refractivity contribution in [2.75, 3.05) is 0 Å². The minimum absolute atomic E-state index is 0.392. The van der Waals surface area contributed by atoms with Gasteiger partial charge in [-0.1, -0.05) is 5.16 Å². The summed E-state index contributed by atoms with van der Waals surface area (Å²) in [5.41, 5.74) is 0.748. The van der Waals surface area contributed by atoms with E-state index in [-0.39, 0.29) is 0 Å². The molecule has 2 rings (SSSR count). The Morgan fingerprint density at radius 3 is 3.36 bits per heavy atom. The zero-order valence-corrected chi connectivity index (χ0v) is 5.78. The van der Waals surface area contributed by atoms with Crippen LogP contribution in [-0.2, 0) is 11.2 Å². The van der Waals surface area contributed by atoms with Gasteiger partial charge in [0.25, 0.3) is 0 Å². The third-order valence-electron chi connectivity index (χ3n) is 2.01. The van der Waals surface area contributed by atoms with E-state index in [1.165, 1.54) is 6.20 Å². The first-order valence-electron chi connectivity index (χ1n) is 3.45. The highest BCUT2D eigenvalue weighted by Gasteiger charge is 2.31. The van der Waals surface area contributed by atoms with E-state index in [2.05, 4.69) is 5.16 Å². The lowest BCUT2D eigenvalue weighted by Gasteiger charge is -1.98. The first-order valence-corrected chi connectivity index (χ1v) is 3.45. The molecule has 11 heavy (non-hydrogen) atoms. The van der Waals surface area contributed by atoms with Gasteiger partial charge in [-0.05, 0) is 6.42 Å². The van der Waals surface area contributed by atoms with Crippen molar-refractivity contribution in [3.05, 3.63) is 17.5 Å². The molecule has 0 aliphatic heterocycles. The van der Waals surface area contributed by atoms with Crippen molar-refractivity contribution < 1.29 is 14.4 Å². The Balaban J connectivity index is 2.38. The molecule has 0 unspecified atom stereocenters. The number of hydrogen-bond donors (Lipinski definition) is 1. The zero-order valence-electron chi connectivity index (χ0n) is 5.78. The maximum Gasteiger partial charge on any atom is 0.311 e. The number of carboxylic acid groups (broad SMARTS) is 1. The van der Waals surface area contributed by atoms with Gasteiger partial charge >= 0.3 is 5.97 Å². The number of carbonyl (C=O) groups is 1. The van der Waals surface area contributed by atoms with E-state index in [0.29, 0.717) is 12.8 Å². The van der Waals surface area contributed by atoms with Crippen molar-refractivity contribution in [3.8, 4) is 0 Å². The number of nitrogens with zero attached hydrogens (tertiary/aromatic N) is 1. The smallest absolute Gasteiger partial charge is 0.311 e. The Morgan fingerprint density at radius 2 is 2.64 bits per heavy atom. The van der Waals surface area contributed by atoms with Gasteiger partial charge in [-0.3, -0.25) is 4.79 Å². The maximum atomic E-state index is 10.6. The minimum Gasteiger partial charge on any atom is -0.481 e. The number of aromatic nitrogens is 1. The van der Waals surface area contributed by atoms with Crippen molar-refractivity contribution in [2.45, 2.75) is 18.8 Å². The van der Waals surface area contributed by atoms with Crippen LogP contribution in [0.2, 0.25) is 0 Å². The molecule has 0 spiro atoms. The van der Waals surface area contributed by atoms with E-state index in [1.54, 1.807) is 0 Å². The number of hydrogen-bond acceptors (Lipinski definition) is 3. The summed E-state index contributed by atoms with van der Waals surface area (Å²) in [5, 5.41) is 12.2. The predicted molar refractivity (Wildman–Crippen MR) is 35.2 cm³/mol. The molecule has 1 aliphatic rings. The van der Waals surface area contributed by atoms with E-state index in [1.807, 2.05) is 0 Å². The lowest BCUT2D eigenvalue weighted by atomic mass is 10.1. The monoisotopic (exact) mass is 153 g/mol. The molecule has 0 saturated carbocycles. The molecule has 0 amide bonds. The van der Waals surface area contributed by atoms with E-state index in [0.717, 1.165) is 11.3 Å². The molecule has 4 nitrogen and oxygen atoms in total. The molecule has 1 heterocycles. The number of aryl methyl sites for hydroxylation is 1. The summed E-state index contributed by atoms with van der Waals surface area (Å²) in [4.78, 5) is 10.6. The predicted octanol–water partition coefficient (Wildman–Crippen LogP) is 0.789. The van der Waals surface area contributed by atoms with Crippen LogP contribution in [0.3, 0.4) is 0 Å². The van der Waals surface area contributed by atoms with Crippen molar-refractivity contribution in [1.29, 1.82) is 0 Å². The second-order valence-electron chi connectivity index (χ2n) is 2.63. The Kier molecular flexibility index (Phi) is 1.21. The third-order valence-corrected chi connectivity index (χ3v) is 2.01. The molecule has 1 aromatic heterocycles. The molecule has 0 aromatic carbocycles. The molecule has 0 radical (unpaired) electrons. The van der Waals surface area contributed by atoms with Gasteiger partial charge in [0.2, 0.25) is 0 Å². The quantitative estimate of drug-likeness (QED) is 0.647. The molecule has 58 valence electrons. The molecule has 4 heteroatoms. The Hall–Kier alpha value is -1.32. The van der Waals surface area contributed by atoms with Gasteiger partial charge < -0.3 is 9.63 Å². The summed E-state index contributed by atoms with van der Waals surface area (Å²) >= 11 is 0. The van der Waals surface area contributed by atoms with Gasteiger partial charge in [0, 0.05) is 12.0 Å². The molecule has 0 bridgehead atoms. The van der Waals surface area contributed by atoms with Crippen molar-refractivity contribution in [3.63, 3.8) is 0 Å². The molecule has 0 fully saturated rings. The van der Waals surface area contributed by atoms with Crippen LogP contribution in [0, 0.1) is 0 Å². The van der Waals surface area contributed by atoms with Crippen LogP contribution in [0.1, 0.15) is 23.7 Å². The summed E-state index contributed by atoms with van der Waals surface area (Å²) < 4.78 is 4.84. The molecule has 1 aliphatic carbocycles. The summed E-state index contributed by atoms with van der Waals surface area (Å²) in [6, 6.07) is 0. The maximum absolute atomic E-state index is 10.6. The molecule has 1 N–H and O–H groups in total. The highest BCUT2D eigenvalue weighted by atomic mass is 16.5. The second kappa shape index (κ2) is 2.08. The largest absolute Gasteiger partial charge is 0.481 e. The lowest BCUT2D eigenvalue weighted by molar-refractivity contribution is -0.138. The van der Waals surface area contributed by atoms with Gasteiger partial charge in [0.1, 0.15) is 5.76 Å². The van der Waals surface area contributed by atoms with Crippen LogP contribution < -0.4 is 0 Å². The average Bonchev–Trinajstić information content (AvgIpc) is 2.41. The summed E-state index contributed by atoms with van der Waals surface area (Å²) in [6.07, 6.45) is 2.85. The van der Waals surface area contributed by atoms with Gasteiger partial charge in [-0.25, -0.2) is 0 Å². The first kappa shape index (κ1) is 6.39. The van der Waals surface area contributed by atoms with E-state index in [9.17, 15) is 4.79 Å². The van der Waals surface area contributed by atoms with Crippen LogP contribution >= 0.6 is 0 Å². The average molecular weight is 153 g/mol. The second-order valence-corrected chi connectivity index (χ2v) is 2.63. The van der Waals surface area contributed by atoms with Crippen LogP contribution in [0.5, 0.6) is 0 Å². The standard InChI is InChI=1S/C7H7NO3/c9-7(10)4-1-2-6-5(4)3-8-11-6/h3-4H,1-2H2,(H,9,10)/t4-/m0/s1. The number of carboxylic acids is 1. The molecular weight excluding hydrogens is 146 g/mol. The Labute approximate surface area is 62.8 Å². The Morgan fingerprint density at radius 1 is 1.82 bits per heavy atom. The summed E-state index contributed by atoms with van der Waals surface area (Å²) in [7, 11) is 0. The topological polar surface area (TPSA) is 63.3 Å². The van der Waals surface area contributed by atoms with Crippen LogP contribution in [0.15, 0.2) is 10.7 Å². The number of fused-ring (bicyclic) bond motifs is 1. The number of rotatable bonds is 1. The minimum atomic E-state index is -0.785. The fourth-order valence-corrected chi connectivity index (χ4v) is 1.43. The molecule has 0 saturated heterocycles. The fraction of sp³-hybridized carbons (Fsp3) is 0.429. The van der Waals surface area contributed by atoms with Gasteiger partial charge in [0.15, 0.2) is 0 Å². The van der Waals surface area contributed by atoms with Crippen LogP contribution in [0.4, 0.5) is 0 Å². The highest BCUT2D eigenvalue weighted by Crippen LogP contribution is 2.32. The number of aliphatic carboxylic acids is 1. The van der Waals surface area contributed by atoms with Crippen molar-refractivity contribution in [2.24, 2.45) is 0 Å². The van der Waals surface area contributed by atoms with Gasteiger partial charge in [-0.2, -0.15) is 0 Å². The van der Waals surface area contributed by atoms with Crippen LogP contribution in [-0.4, -0.2) is 16.2 Å². The van der Waals surface area contributed by atoms with Crippen molar-refractivity contribution >= 4 is 5.97 Å². The van der Waals surface area contributed by atoms with Gasteiger partial charge in [0.05, 0.1) is 12.1 Å². The third kappa shape index (κ3) is 0.824. The van der Waals surface area contributed by atoms with E-state index in [4.69, 9.17) is 9.63 Å². The highest BCUT2D eigenvalue weighted by molar-refractivity contribution is 5.77. The zero-order chi connectivity index (χ0) is 7.84. The van der Waals surface area contributed by atoms with Crippen molar-refractivity contribution in [1.82, 2.24) is 5.16 Å². The van der Waals surface area contributed by atoms with E-state index < -0.39 is 11.9 Å². The van der Waals surface area contributed by atoms with Crippen LogP contribution in [0.25, 0.3) is 0 Å². The molecule has 1 atom stereocenters. The van der Waals surface area contributed by atoms with Gasteiger partial charge in [-0.15, -0.1) is 0 Å². The molecular formula is C7H7NO3. The normalized spacial score (nSPS) is 21.6. The van der Waals surface area contributed by atoms with E-state index >= 15 is 0 Å². The fourth-order valence-electron chi connectivity index (χ4n) is 1.43. The lowest BCUT2D eigenvalue weighted by Crippen LogP contribution is -2.06. The summed E-state index contributed by atoms with van der Waals surface area (Å²) in [6.45, 7) is 0. The summed E-state index contributed by atoms with van der Waals surface area (Å²) in [5.74, 6) is -0.444. The first-order chi connectivity index (χ1) is 5.29.